The highest BCUT2D eigenvalue weighted by Crippen LogP contribution is 2.27. The van der Waals surface area contributed by atoms with Crippen LogP contribution in [-0.2, 0) is 24.1 Å². The van der Waals surface area contributed by atoms with Crippen molar-refractivity contribution in [3.8, 4) is 0 Å². The van der Waals surface area contributed by atoms with E-state index >= 15 is 0 Å². The first-order valence-corrected chi connectivity index (χ1v) is 7.91. The molecule has 0 atom stereocenters. The zero-order valence-corrected chi connectivity index (χ0v) is 14.2. The van der Waals surface area contributed by atoms with Crippen LogP contribution in [0.25, 0.3) is 0 Å². The quantitative estimate of drug-likeness (QED) is 0.923. The van der Waals surface area contributed by atoms with Crippen molar-refractivity contribution in [2.75, 3.05) is 13.1 Å². The van der Waals surface area contributed by atoms with Gasteiger partial charge in [0.05, 0.1) is 18.8 Å². The molecule has 2 heterocycles. The highest BCUT2D eigenvalue weighted by atomic mass is 16.6. The molecule has 0 saturated carbocycles. The van der Waals surface area contributed by atoms with Crippen molar-refractivity contribution in [2.24, 2.45) is 0 Å². The molecule has 0 radical (unpaired) electrons. The van der Waals surface area contributed by atoms with Crippen LogP contribution in [0.5, 0.6) is 0 Å². The molecule has 0 aliphatic carbocycles. The largest absolute Gasteiger partial charge is 0.444 e. The molecule has 1 aromatic rings. The molecule has 0 bridgehead atoms. The summed E-state index contributed by atoms with van der Waals surface area (Å²) in [7, 11) is 0. The van der Waals surface area contributed by atoms with Gasteiger partial charge in [-0.15, -0.1) is 0 Å². The van der Waals surface area contributed by atoms with Crippen LogP contribution in [0.15, 0.2) is 6.07 Å². The number of aromatic nitrogens is 2. The second-order valence-corrected chi connectivity index (χ2v) is 7.03. The number of aliphatic hydroxyl groups is 1. The van der Waals surface area contributed by atoms with Crippen LogP contribution in [0.2, 0.25) is 0 Å². The monoisotopic (exact) mass is 309 g/mol. The topological polar surface area (TPSA) is 67.6 Å². The fourth-order valence-electron chi connectivity index (χ4n) is 2.67. The van der Waals surface area contributed by atoms with Gasteiger partial charge in [0.25, 0.3) is 0 Å². The first kappa shape index (κ1) is 16.8. The molecule has 0 unspecified atom stereocenters. The van der Waals surface area contributed by atoms with Gasteiger partial charge in [0.1, 0.15) is 11.2 Å². The Balaban J connectivity index is 1.96. The number of aryl methyl sites for hydroxylation is 2. The number of hydrogen-bond acceptors (Lipinski definition) is 4. The van der Waals surface area contributed by atoms with E-state index in [1.54, 1.807) is 4.90 Å². The Labute approximate surface area is 132 Å². The van der Waals surface area contributed by atoms with E-state index in [2.05, 4.69) is 12.0 Å². The minimum atomic E-state index is -0.880. The molecule has 6 nitrogen and oxygen atoms in total. The summed E-state index contributed by atoms with van der Waals surface area (Å²) in [6.45, 7) is 11.0. The summed E-state index contributed by atoms with van der Waals surface area (Å²) in [6, 6.07) is 2.04. The lowest BCUT2D eigenvalue weighted by Crippen LogP contribution is -2.65. The summed E-state index contributed by atoms with van der Waals surface area (Å²) in [5.74, 6) is 0. The number of likely N-dealkylation sites (tertiary alicyclic amines) is 1. The third-order valence-electron chi connectivity index (χ3n) is 3.71. The number of ether oxygens (including phenoxy) is 1. The molecule has 0 spiro atoms. The molecule has 1 amide bonds. The molecule has 22 heavy (non-hydrogen) atoms. The average molecular weight is 309 g/mol. The van der Waals surface area contributed by atoms with E-state index in [4.69, 9.17) is 4.74 Å². The highest BCUT2D eigenvalue weighted by Gasteiger charge is 2.45. The first-order chi connectivity index (χ1) is 10.2. The van der Waals surface area contributed by atoms with Crippen LogP contribution >= 0.6 is 0 Å². The lowest BCUT2D eigenvalue weighted by Gasteiger charge is -2.46. The zero-order valence-electron chi connectivity index (χ0n) is 14.2. The molecule has 6 heteroatoms. The third kappa shape index (κ3) is 3.80. The SMILES string of the molecule is CCc1cc(CC2(O)CN(C(=O)OC(C)(C)C)C2)n(CC)n1. The first-order valence-electron chi connectivity index (χ1n) is 7.91. The van der Waals surface area contributed by atoms with E-state index < -0.39 is 11.2 Å². The highest BCUT2D eigenvalue weighted by molar-refractivity contribution is 5.69. The molecule has 124 valence electrons. The molecule has 1 aliphatic heterocycles. The normalized spacial score (nSPS) is 17.3. The summed E-state index contributed by atoms with van der Waals surface area (Å²) in [4.78, 5) is 13.5. The average Bonchev–Trinajstić information content (AvgIpc) is 2.75. The Bertz CT molecular complexity index is 539. The molecule has 1 aromatic heterocycles. The van der Waals surface area contributed by atoms with Crippen molar-refractivity contribution in [1.29, 1.82) is 0 Å². The Morgan fingerprint density at radius 2 is 2.05 bits per heavy atom. The number of rotatable bonds is 4. The van der Waals surface area contributed by atoms with Gasteiger partial charge in [0.15, 0.2) is 0 Å². The van der Waals surface area contributed by atoms with Crippen molar-refractivity contribution in [3.05, 3.63) is 17.5 Å². The van der Waals surface area contributed by atoms with Crippen molar-refractivity contribution in [1.82, 2.24) is 14.7 Å². The molecule has 1 N–H and O–H groups in total. The van der Waals surface area contributed by atoms with Gasteiger partial charge in [-0.05, 0) is 40.2 Å². The van der Waals surface area contributed by atoms with Gasteiger partial charge >= 0.3 is 6.09 Å². The van der Waals surface area contributed by atoms with Crippen LogP contribution < -0.4 is 0 Å². The van der Waals surface area contributed by atoms with Crippen molar-refractivity contribution >= 4 is 6.09 Å². The van der Waals surface area contributed by atoms with Gasteiger partial charge in [0.2, 0.25) is 0 Å². The van der Waals surface area contributed by atoms with Crippen LogP contribution in [0.1, 0.15) is 46.0 Å². The fraction of sp³-hybridized carbons (Fsp3) is 0.750. The van der Waals surface area contributed by atoms with E-state index in [1.807, 2.05) is 38.4 Å². The van der Waals surface area contributed by atoms with Gasteiger partial charge < -0.3 is 14.7 Å². The third-order valence-corrected chi connectivity index (χ3v) is 3.71. The van der Waals surface area contributed by atoms with E-state index in [1.165, 1.54) is 0 Å². The minimum absolute atomic E-state index is 0.304. The molecule has 2 rings (SSSR count). The molecule has 1 saturated heterocycles. The molecule has 0 aromatic carbocycles. The zero-order chi connectivity index (χ0) is 16.5. The van der Waals surface area contributed by atoms with Gasteiger partial charge in [-0.1, -0.05) is 6.92 Å². The Hall–Kier alpha value is -1.56. The predicted octanol–water partition coefficient (Wildman–Crippen LogP) is 1.99. The van der Waals surface area contributed by atoms with E-state index in [0.717, 1.165) is 24.4 Å². The maximum atomic E-state index is 11.9. The maximum Gasteiger partial charge on any atom is 0.410 e. The van der Waals surface area contributed by atoms with Crippen LogP contribution in [0, 0.1) is 0 Å². The van der Waals surface area contributed by atoms with Crippen LogP contribution in [0.3, 0.4) is 0 Å². The van der Waals surface area contributed by atoms with Crippen LogP contribution in [0.4, 0.5) is 4.79 Å². The Kier molecular flexibility index (Phi) is 4.52. The lowest BCUT2D eigenvalue weighted by molar-refractivity contribution is -0.0982. The second kappa shape index (κ2) is 5.91. The number of carbonyl (C=O) groups is 1. The number of nitrogens with zero attached hydrogens (tertiary/aromatic N) is 3. The Morgan fingerprint density at radius 3 is 2.55 bits per heavy atom. The van der Waals surface area contributed by atoms with E-state index in [-0.39, 0.29) is 6.09 Å². The van der Waals surface area contributed by atoms with E-state index in [9.17, 15) is 9.90 Å². The van der Waals surface area contributed by atoms with Crippen LogP contribution in [-0.4, -0.2) is 50.2 Å². The van der Waals surface area contributed by atoms with Crippen molar-refractivity contribution in [2.45, 2.75) is 65.2 Å². The lowest BCUT2D eigenvalue weighted by atomic mass is 9.89. The van der Waals surface area contributed by atoms with Gasteiger partial charge in [0, 0.05) is 18.7 Å². The summed E-state index contributed by atoms with van der Waals surface area (Å²) in [5, 5.41) is 15.1. The maximum absolute atomic E-state index is 11.9. The number of amides is 1. The van der Waals surface area contributed by atoms with Crippen molar-refractivity contribution < 1.29 is 14.6 Å². The summed E-state index contributed by atoms with van der Waals surface area (Å²) < 4.78 is 7.23. The number of β-amino-alcohol motifs (C(OH)–C–C–N with tert-alkyl or cyclic N) is 1. The van der Waals surface area contributed by atoms with Crippen molar-refractivity contribution in [3.63, 3.8) is 0 Å². The van der Waals surface area contributed by atoms with E-state index in [0.29, 0.717) is 19.5 Å². The molecular weight excluding hydrogens is 282 g/mol. The smallest absolute Gasteiger partial charge is 0.410 e. The fourth-order valence-corrected chi connectivity index (χ4v) is 2.67. The molecule has 1 aliphatic rings. The minimum Gasteiger partial charge on any atom is -0.444 e. The predicted molar refractivity (Wildman–Crippen MR) is 83.7 cm³/mol. The second-order valence-electron chi connectivity index (χ2n) is 7.03. The number of carbonyl (C=O) groups excluding carboxylic acids is 1. The molecular formula is C16H27N3O3. The summed E-state index contributed by atoms with van der Waals surface area (Å²) >= 11 is 0. The van der Waals surface area contributed by atoms with Gasteiger partial charge in [-0.3, -0.25) is 4.68 Å². The Morgan fingerprint density at radius 1 is 1.41 bits per heavy atom. The summed E-state index contributed by atoms with van der Waals surface area (Å²) in [5.41, 5.74) is 0.658. The standard InChI is InChI=1S/C16H27N3O3/c1-6-12-8-13(19(7-2)17-12)9-16(21)10-18(11-16)14(20)22-15(3,4)5/h8,21H,6-7,9-11H2,1-5H3. The summed E-state index contributed by atoms with van der Waals surface area (Å²) in [6.07, 6.45) is 1.02. The molecule has 1 fully saturated rings. The number of hydrogen-bond donors (Lipinski definition) is 1. The van der Waals surface area contributed by atoms with Gasteiger partial charge in [-0.2, -0.15) is 5.10 Å². The van der Waals surface area contributed by atoms with Gasteiger partial charge in [-0.25, -0.2) is 4.79 Å².